The van der Waals surface area contributed by atoms with Crippen molar-refractivity contribution < 1.29 is 8.63 Å². The molecule has 0 amide bonds. The molecule has 2 aromatic heterocycles. The molecule has 0 radical (unpaired) electrons. The van der Waals surface area contributed by atoms with Gasteiger partial charge >= 0.3 is 0 Å². The summed E-state index contributed by atoms with van der Waals surface area (Å²) in [6.07, 6.45) is 3.35. The van der Waals surface area contributed by atoms with Crippen LogP contribution in [0, 0.1) is 0 Å². The van der Waals surface area contributed by atoms with Crippen molar-refractivity contribution in [2.24, 2.45) is 0 Å². The van der Waals surface area contributed by atoms with Gasteiger partial charge in [-0.2, -0.15) is 0 Å². The lowest BCUT2D eigenvalue weighted by Crippen LogP contribution is -1.97. The summed E-state index contributed by atoms with van der Waals surface area (Å²) in [4.78, 5) is 8.25. The van der Waals surface area contributed by atoms with Crippen LogP contribution in [0.1, 0.15) is 5.56 Å². The Balaban J connectivity index is 1.88. The summed E-state index contributed by atoms with van der Waals surface area (Å²) in [6, 6.07) is 7.00. The molecule has 5 nitrogen and oxygen atoms in total. The molecule has 2 N–H and O–H groups in total. The number of anilines is 1. The first kappa shape index (κ1) is 13.3. The van der Waals surface area contributed by atoms with E-state index in [1.807, 2.05) is 6.07 Å². The minimum Gasteiger partial charge on any atom is -0.430 e. The van der Waals surface area contributed by atoms with Crippen LogP contribution in [0.5, 0.6) is 0 Å². The van der Waals surface area contributed by atoms with Crippen LogP contribution in [-0.2, 0) is 16.6 Å². The SMILES string of the molecule is Nc1ccc2oc(S(=O)Cc3cncc(Br)c3)nc2c1. The third kappa shape index (κ3) is 2.73. The molecule has 7 heteroatoms. The van der Waals surface area contributed by atoms with Gasteiger partial charge in [-0.25, -0.2) is 9.19 Å². The van der Waals surface area contributed by atoms with Gasteiger partial charge in [0, 0.05) is 22.6 Å². The van der Waals surface area contributed by atoms with Gasteiger partial charge in [-0.15, -0.1) is 0 Å². The second-order valence-electron chi connectivity index (χ2n) is 4.21. The minimum absolute atomic E-state index is 0.200. The smallest absolute Gasteiger partial charge is 0.288 e. The van der Waals surface area contributed by atoms with E-state index in [-0.39, 0.29) is 5.22 Å². The molecule has 1 unspecified atom stereocenters. The first-order chi connectivity index (χ1) is 9.61. The van der Waals surface area contributed by atoms with Gasteiger partial charge in [0.1, 0.15) is 16.3 Å². The number of hydrogen-bond donors (Lipinski definition) is 1. The Bertz CT molecular complexity index is 803. The van der Waals surface area contributed by atoms with Crippen LogP contribution in [-0.4, -0.2) is 14.2 Å². The second-order valence-corrected chi connectivity index (χ2v) is 6.45. The summed E-state index contributed by atoms with van der Waals surface area (Å²) < 4.78 is 18.6. The van der Waals surface area contributed by atoms with Crippen LogP contribution in [0.25, 0.3) is 11.1 Å². The topological polar surface area (TPSA) is 82.0 Å². The average molecular weight is 352 g/mol. The number of nitrogen functional groups attached to an aromatic ring is 1. The summed E-state index contributed by atoms with van der Waals surface area (Å²) in [5, 5.41) is 0.200. The normalized spacial score (nSPS) is 12.7. The summed E-state index contributed by atoms with van der Waals surface area (Å²) in [5.74, 6) is 0.300. The van der Waals surface area contributed by atoms with E-state index in [4.69, 9.17) is 10.2 Å². The van der Waals surface area contributed by atoms with E-state index in [1.165, 1.54) is 0 Å². The molecule has 3 rings (SSSR count). The van der Waals surface area contributed by atoms with Gasteiger partial charge in [0.15, 0.2) is 5.58 Å². The van der Waals surface area contributed by atoms with E-state index in [0.29, 0.717) is 22.5 Å². The molecule has 0 aliphatic rings. The van der Waals surface area contributed by atoms with Gasteiger partial charge in [-0.05, 0) is 45.8 Å². The lowest BCUT2D eigenvalue weighted by Gasteiger charge is -1.98. The van der Waals surface area contributed by atoms with Crippen LogP contribution in [0.3, 0.4) is 0 Å². The fourth-order valence-electron chi connectivity index (χ4n) is 1.77. The van der Waals surface area contributed by atoms with E-state index in [0.717, 1.165) is 10.0 Å². The number of aromatic nitrogens is 2. The highest BCUT2D eigenvalue weighted by molar-refractivity contribution is 9.10. The maximum absolute atomic E-state index is 12.3. The molecule has 0 aliphatic heterocycles. The van der Waals surface area contributed by atoms with Crippen molar-refractivity contribution in [3.05, 3.63) is 46.7 Å². The van der Waals surface area contributed by atoms with Gasteiger partial charge in [0.05, 0.1) is 5.75 Å². The monoisotopic (exact) mass is 351 g/mol. The number of benzene rings is 1. The van der Waals surface area contributed by atoms with Crippen molar-refractivity contribution >= 4 is 43.5 Å². The molecule has 2 heterocycles. The maximum atomic E-state index is 12.3. The molecule has 1 atom stereocenters. The Morgan fingerprint density at radius 2 is 2.15 bits per heavy atom. The Hall–Kier alpha value is -1.73. The van der Waals surface area contributed by atoms with Crippen LogP contribution < -0.4 is 5.73 Å². The number of pyridine rings is 1. The zero-order valence-electron chi connectivity index (χ0n) is 10.2. The van der Waals surface area contributed by atoms with E-state index in [1.54, 1.807) is 30.6 Å². The van der Waals surface area contributed by atoms with Crippen LogP contribution in [0.2, 0.25) is 0 Å². The van der Waals surface area contributed by atoms with E-state index >= 15 is 0 Å². The Morgan fingerprint density at radius 3 is 2.95 bits per heavy atom. The average Bonchev–Trinajstić information content (AvgIpc) is 2.81. The van der Waals surface area contributed by atoms with Gasteiger partial charge in [-0.3, -0.25) is 4.98 Å². The third-order valence-corrected chi connectivity index (χ3v) is 4.24. The van der Waals surface area contributed by atoms with Crippen molar-refractivity contribution in [2.75, 3.05) is 5.73 Å². The Labute approximate surface area is 125 Å². The lowest BCUT2D eigenvalue weighted by molar-refractivity contribution is 0.477. The van der Waals surface area contributed by atoms with E-state index in [9.17, 15) is 4.21 Å². The molecule has 20 heavy (non-hydrogen) atoms. The maximum Gasteiger partial charge on any atom is 0.288 e. The molecular weight excluding hydrogens is 342 g/mol. The zero-order valence-corrected chi connectivity index (χ0v) is 12.6. The van der Waals surface area contributed by atoms with E-state index in [2.05, 4.69) is 25.9 Å². The molecule has 0 fully saturated rings. The van der Waals surface area contributed by atoms with Gasteiger partial charge in [0.25, 0.3) is 5.22 Å². The van der Waals surface area contributed by atoms with Crippen molar-refractivity contribution in [2.45, 2.75) is 11.0 Å². The van der Waals surface area contributed by atoms with Gasteiger partial charge in [0.2, 0.25) is 0 Å². The highest BCUT2D eigenvalue weighted by Crippen LogP contribution is 2.21. The van der Waals surface area contributed by atoms with E-state index < -0.39 is 10.8 Å². The highest BCUT2D eigenvalue weighted by Gasteiger charge is 2.14. The molecule has 0 saturated carbocycles. The number of rotatable bonds is 3. The molecule has 0 aliphatic carbocycles. The molecular formula is C13H10BrN3O2S. The van der Waals surface area contributed by atoms with Crippen molar-refractivity contribution in [3.8, 4) is 0 Å². The summed E-state index contributed by atoms with van der Waals surface area (Å²) in [7, 11) is -1.36. The van der Waals surface area contributed by atoms with Crippen LogP contribution in [0.15, 0.2) is 50.8 Å². The lowest BCUT2D eigenvalue weighted by atomic mass is 10.3. The molecule has 3 aromatic rings. The van der Waals surface area contributed by atoms with Gasteiger partial charge < -0.3 is 10.2 Å². The number of oxazole rings is 1. The van der Waals surface area contributed by atoms with Crippen molar-refractivity contribution in [1.29, 1.82) is 0 Å². The van der Waals surface area contributed by atoms with Gasteiger partial charge in [-0.1, -0.05) is 0 Å². The number of halogens is 1. The molecule has 0 saturated heterocycles. The summed E-state index contributed by atoms with van der Waals surface area (Å²) >= 11 is 3.33. The fraction of sp³-hybridized carbons (Fsp3) is 0.0769. The second kappa shape index (κ2) is 5.34. The molecule has 102 valence electrons. The number of hydrogen-bond acceptors (Lipinski definition) is 5. The number of nitrogens with two attached hydrogens (primary N) is 1. The predicted molar refractivity (Wildman–Crippen MR) is 80.5 cm³/mol. The Kier molecular flexibility index (Phi) is 3.54. The summed E-state index contributed by atoms with van der Waals surface area (Å²) in [5.41, 5.74) is 8.31. The standard InChI is InChI=1S/C13H10BrN3O2S/c14-9-3-8(5-16-6-9)7-20(18)13-17-11-4-10(15)1-2-12(11)19-13/h1-6H,7,15H2. The number of nitrogens with zero attached hydrogens (tertiary/aromatic N) is 2. The molecule has 0 bridgehead atoms. The first-order valence-corrected chi connectivity index (χ1v) is 7.87. The van der Waals surface area contributed by atoms with Crippen LogP contribution in [0.4, 0.5) is 5.69 Å². The third-order valence-electron chi connectivity index (χ3n) is 2.65. The molecule has 1 aromatic carbocycles. The fourth-order valence-corrected chi connectivity index (χ4v) is 3.15. The first-order valence-electron chi connectivity index (χ1n) is 5.76. The van der Waals surface area contributed by atoms with Crippen molar-refractivity contribution in [3.63, 3.8) is 0 Å². The predicted octanol–water partition coefficient (Wildman–Crippen LogP) is 2.88. The van der Waals surface area contributed by atoms with Crippen LogP contribution >= 0.6 is 15.9 Å². The number of fused-ring (bicyclic) bond motifs is 1. The van der Waals surface area contributed by atoms with Crippen molar-refractivity contribution in [1.82, 2.24) is 9.97 Å². The minimum atomic E-state index is -1.36. The summed E-state index contributed by atoms with van der Waals surface area (Å²) in [6.45, 7) is 0. The largest absolute Gasteiger partial charge is 0.430 e. The molecule has 0 spiro atoms. The highest BCUT2D eigenvalue weighted by atomic mass is 79.9. The quantitative estimate of drug-likeness (QED) is 0.733. The Morgan fingerprint density at radius 1 is 1.30 bits per heavy atom. The zero-order chi connectivity index (χ0) is 14.1.